The number of hydrogen-bond acceptors (Lipinski definition) is 4. The molecular weight excluding hydrogens is 306 g/mol. The predicted octanol–water partition coefficient (Wildman–Crippen LogP) is 1.70. The minimum Gasteiger partial charge on any atom is -0.330 e. The van der Waals surface area contributed by atoms with E-state index in [0.717, 1.165) is 18.5 Å². The van der Waals surface area contributed by atoms with Crippen molar-refractivity contribution in [1.29, 1.82) is 0 Å². The Kier molecular flexibility index (Phi) is 3.41. The molecule has 0 aromatic carbocycles. The van der Waals surface area contributed by atoms with Crippen LogP contribution in [-0.2, 0) is 0 Å². The number of aromatic nitrogens is 4. The van der Waals surface area contributed by atoms with Crippen LogP contribution >= 0.6 is 0 Å². The summed E-state index contributed by atoms with van der Waals surface area (Å²) >= 11 is 0. The van der Waals surface area contributed by atoms with Crippen molar-refractivity contribution in [3.05, 3.63) is 64.0 Å². The summed E-state index contributed by atoms with van der Waals surface area (Å²) < 4.78 is 1.43. The van der Waals surface area contributed by atoms with Gasteiger partial charge in [-0.3, -0.25) is 19.7 Å². The van der Waals surface area contributed by atoms with Gasteiger partial charge in [-0.2, -0.15) is 0 Å². The largest absolute Gasteiger partial charge is 0.330 e. The number of nitrogens with zero attached hydrogens (tertiary/aromatic N) is 4. The molecule has 1 saturated heterocycles. The zero-order valence-corrected chi connectivity index (χ0v) is 13.3. The lowest BCUT2D eigenvalue weighted by atomic mass is 10.1. The van der Waals surface area contributed by atoms with E-state index in [0.29, 0.717) is 23.4 Å². The van der Waals surface area contributed by atoms with Crippen LogP contribution in [0.15, 0.2) is 41.5 Å². The SMILES string of the molecule is Cc1cc(=O)n2[nH]c(C3CCCN3C(=O)c3ccncc3)cc2n1. The Morgan fingerprint density at radius 3 is 2.88 bits per heavy atom. The van der Waals surface area contributed by atoms with Crippen molar-refractivity contribution >= 4 is 11.6 Å². The third-order valence-electron chi connectivity index (χ3n) is 4.40. The normalized spacial score (nSPS) is 17.5. The quantitative estimate of drug-likeness (QED) is 0.778. The Morgan fingerprint density at radius 2 is 2.08 bits per heavy atom. The average molecular weight is 323 g/mol. The molecule has 1 N–H and O–H groups in total. The molecular formula is C17H17N5O2. The molecule has 0 bridgehead atoms. The van der Waals surface area contributed by atoms with Crippen molar-refractivity contribution < 1.29 is 4.79 Å². The number of aryl methyl sites for hydroxylation is 1. The van der Waals surface area contributed by atoms with Crippen molar-refractivity contribution in [1.82, 2.24) is 24.5 Å². The Balaban J connectivity index is 1.72. The molecule has 1 fully saturated rings. The van der Waals surface area contributed by atoms with Crippen LogP contribution in [-0.4, -0.2) is 36.9 Å². The molecule has 3 aromatic rings. The number of amides is 1. The fraction of sp³-hybridized carbons (Fsp3) is 0.294. The van der Waals surface area contributed by atoms with E-state index in [1.54, 1.807) is 31.5 Å². The van der Waals surface area contributed by atoms with E-state index in [1.807, 2.05) is 11.0 Å². The molecule has 0 aliphatic carbocycles. The summed E-state index contributed by atoms with van der Waals surface area (Å²) in [4.78, 5) is 35.0. The summed E-state index contributed by atoms with van der Waals surface area (Å²) in [5.74, 6) is -0.0185. The van der Waals surface area contributed by atoms with Gasteiger partial charge in [-0.25, -0.2) is 9.50 Å². The van der Waals surface area contributed by atoms with Crippen LogP contribution in [0.5, 0.6) is 0 Å². The second-order valence-corrected chi connectivity index (χ2v) is 6.03. The van der Waals surface area contributed by atoms with Crippen LogP contribution in [0.4, 0.5) is 0 Å². The molecule has 0 saturated carbocycles. The third kappa shape index (κ3) is 2.38. The van der Waals surface area contributed by atoms with Crippen molar-refractivity contribution in [3.8, 4) is 0 Å². The molecule has 7 nitrogen and oxygen atoms in total. The van der Waals surface area contributed by atoms with Crippen LogP contribution in [0.3, 0.4) is 0 Å². The minimum atomic E-state index is -0.145. The van der Waals surface area contributed by atoms with Gasteiger partial charge < -0.3 is 4.90 Å². The number of pyridine rings is 1. The Bertz CT molecular complexity index is 960. The third-order valence-corrected chi connectivity index (χ3v) is 4.40. The summed E-state index contributed by atoms with van der Waals surface area (Å²) in [6.45, 7) is 2.49. The molecule has 3 aromatic heterocycles. The maximum atomic E-state index is 12.8. The van der Waals surface area contributed by atoms with Gasteiger partial charge in [0, 0.05) is 42.3 Å². The maximum absolute atomic E-state index is 12.8. The Morgan fingerprint density at radius 1 is 1.29 bits per heavy atom. The van der Waals surface area contributed by atoms with E-state index in [-0.39, 0.29) is 17.5 Å². The predicted molar refractivity (Wildman–Crippen MR) is 87.8 cm³/mol. The van der Waals surface area contributed by atoms with Crippen molar-refractivity contribution in [2.75, 3.05) is 6.54 Å². The van der Waals surface area contributed by atoms with Gasteiger partial charge in [0.25, 0.3) is 11.5 Å². The smallest absolute Gasteiger partial charge is 0.272 e. The van der Waals surface area contributed by atoms with E-state index in [1.165, 1.54) is 10.6 Å². The van der Waals surface area contributed by atoms with E-state index in [9.17, 15) is 9.59 Å². The molecule has 4 rings (SSSR count). The molecule has 1 amide bonds. The number of aromatic amines is 1. The molecule has 4 heterocycles. The first-order valence-corrected chi connectivity index (χ1v) is 7.94. The van der Waals surface area contributed by atoms with Gasteiger partial charge in [0.1, 0.15) is 0 Å². The Labute approximate surface area is 138 Å². The van der Waals surface area contributed by atoms with Crippen LogP contribution in [0.25, 0.3) is 5.65 Å². The van der Waals surface area contributed by atoms with E-state index >= 15 is 0 Å². The highest BCUT2D eigenvalue weighted by Gasteiger charge is 2.32. The van der Waals surface area contributed by atoms with E-state index < -0.39 is 0 Å². The summed E-state index contributed by atoms with van der Waals surface area (Å²) in [5.41, 5.74) is 2.58. The first-order chi connectivity index (χ1) is 11.6. The highest BCUT2D eigenvalue weighted by molar-refractivity contribution is 5.94. The second-order valence-electron chi connectivity index (χ2n) is 6.03. The number of likely N-dealkylation sites (tertiary alicyclic amines) is 1. The van der Waals surface area contributed by atoms with Gasteiger partial charge in [-0.1, -0.05) is 0 Å². The molecule has 0 spiro atoms. The fourth-order valence-corrected chi connectivity index (χ4v) is 3.29. The number of hydrogen-bond donors (Lipinski definition) is 1. The molecule has 1 aliphatic rings. The van der Waals surface area contributed by atoms with Crippen LogP contribution < -0.4 is 5.56 Å². The monoisotopic (exact) mass is 323 g/mol. The first kappa shape index (κ1) is 14.6. The van der Waals surface area contributed by atoms with Crippen molar-refractivity contribution in [2.24, 2.45) is 0 Å². The molecule has 1 aliphatic heterocycles. The van der Waals surface area contributed by atoms with E-state index in [2.05, 4.69) is 15.1 Å². The zero-order chi connectivity index (χ0) is 16.7. The molecule has 24 heavy (non-hydrogen) atoms. The highest BCUT2D eigenvalue weighted by atomic mass is 16.2. The number of H-pyrrole nitrogens is 1. The summed E-state index contributed by atoms with van der Waals surface area (Å²) in [6.07, 6.45) is 5.02. The number of carbonyl (C=O) groups is 1. The molecule has 122 valence electrons. The van der Waals surface area contributed by atoms with Crippen LogP contribution in [0.1, 0.15) is 40.6 Å². The van der Waals surface area contributed by atoms with Crippen molar-refractivity contribution in [2.45, 2.75) is 25.8 Å². The fourth-order valence-electron chi connectivity index (χ4n) is 3.29. The van der Waals surface area contributed by atoms with Gasteiger partial charge in [-0.15, -0.1) is 0 Å². The van der Waals surface area contributed by atoms with Gasteiger partial charge in [0.2, 0.25) is 0 Å². The minimum absolute atomic E-state index is 0.0185. The lowest BCUT2D eigenvalue weighted by molar-refractivity contribution is 0.0732. The molecule has 7 heteroatoms. The lowest BCUT2D eigenvalue weighted by Crippen LogP contribution is -2.30. The topological polar surface area (TPSA) is 83.4 Å². The van der Waals surface area contributed by atoms with E-state index in [4.69, 9.17) is 0 Å². The summed E-state index contributed by atoms with van der Waals surface area (Å²) in [5, 5.41) is 3.10. The van der Waals surface area contributed by atoms with Gasteiger partial charge in [0.15, 0.2) is 5.65 Å². The molecule has 1 atom stereocenters. The van der Waals surface area contributed by atoms with Crippen LogP contribution in [0.2, 0.25) is 0 Å². The second kappa shape index (κ2) is 5.59. The molecule has 1 unspecified atom stereocenters. The summed E-state index contributed by atoms with van der Waals surface area (Å²) in [7, 11) is 0. The van der Waals surface area contributed by atoms with Gasteiger partial charge >= 0.3 is 0 Å². The number of carbonyl (C=O) groups excluding carboxylic acids is 1. The first-order valence-electron chi connectivity index (χ1n) is 7.94. The van der Waals surface area contributed by atoms with Gasteiger partial charge in [-0.05, 0) is 31.9 Å². The highest BCUT2D eigenvalue weighted by Crippen LogP contribution is 2.32. The lowest BCUT2D eigenvalue weighted by Gasteiger charge is -2.23. The number of fused-ring (bicyclic) bond motifs is 1. The number of nitrogens with one attached hydrogen (secondary N) is 1. The van der Waals surface area contributed by atoms with Crippen molar-refractivity contribution in [3.63, 3.8) is 0 Å². The number of rotatable bonds is 2. The zero-order valence-electron chi connectivity index (χ0n) is 13.3. The Hall–Kier alpha value is -2.96. The standard InChI is InChI=1S/C17H17N5O2/c1-11-9-16(23)22-15(19-11)10-13(20-22)14-3-2-8-21(14)17(24)12-4-6-18-7-5-12/h4-7,9-10,14,20H,2-3,8H2,1H3. The van der Waals surface area contributed by atoms with Gasteiger partial charge in [0.05, 0.1) is 11.7 Å². The molecule has 0 radical (unpaired) electrons. The average Bonchev–Trinajstić information content (AvgIpc) is 3.21. The maximum Gasteiger partial charge on any atom is 0.272 e. The summed E-state index contributed by atoms with van der Waals surface area (Å²) in [6, 6.07) is 6.71. The van der Waals surface area contributed by atoms with Crippen LogP contribution in [0, 0.1) is 6.92 Å².